The molecule has 0 amide bonds. The molecule has 11 rings (SSSR count). The average molecular weight is 1020 g/mol. The van der Waals surface area contributed by atoms with Crippen molar-refractivity contribution < 1.29 is 37.8 Å². The Bertz CT molecular complexity index is 4010. The summed E-state index contributed by atoms with van der Waals surface area (Å²) < 4.78 is 101. The van der Waals surface area contributed by atoms with Crippen molar-refractivity contribution in [3.05, 3.63) is 191 Å². The van der Waals surface area contributed by atoms with E-state index in [0.29, 0.717) is 26.3 Å². The molecule has 4 heterocycles. The molecule has 318 valence electrons. The number of nitrogens with zero attached hydrogens (tertiary/aromatic N) is 5. The number of rotatable bonds is 7. The van der Waals surface area contributed by atoms with Gasteiger partial charge in [-0.3, -0.25) is 0 Å². The first-order valence-corrected chi connectivity index (χ1v) is 22.1. The standard InChI is InChI=1S/C57H47N5O.Pt/c1-37-29-30-59-51(31-37)62-50-33-41(25-26-45(50)46-27-28-47-52(54(46)62)56(4,5)57(6,7)55(47,2)3)63-42-32-40(34-58-35-42)60-36-61(49-24-15-14-23-48(49)60)53-43(38-17-10-8-11-18-38)21-16-22-44(53)39-19-12-9-13-20-39;/h8-31,34-35H,1-7H3;/q-2;/i8D,9D,10D,11D,12D,13D,17D,18D,19D,20D;. The first kappa shape index (κ1) is 30.5. The Morgan fingerprint density at radius 2 is 1.31 bits per heavy atom. The third-order valence-electron chi connectivity index (χ3n) is 14.0. The third kappa shape index (κ3) is 5.92. The van der Waals surface area contributed by atoms with E-state index in [9.17, 15) is 0 Å². The molecule has 0 spiro atoms. The van der Waals surface area contributed by atoms with E-state index >= 15 is 0 Å². The number of aromatic nitrogens is 5. The van der Waals surface area contributed by atoms with E-state index in [-0.39, 0.29) is 49.9 Å². The summed E-state index contributed by atoms with van der Waals surface area (Å²) >= 11 is 2.13. The number of ether oxygens (including phenoxy) is 1. The predicted octanol–water partition coefficient (Wildman–Crippen LogP) is 14.0. The van der Waals surface area contributed by atoms with Crippen LogP contribution in [0.25, 0.3) is 72.3 Å². The number of benzene rings is 6. The molecule has 0 N–H and O–H groups in total. The minimum atomic E-state index is -0.570. The van der Waals surface area contributed by atoms with Crippen molar-refractivity contribution in [3.63, 3.8) is 0 Å². The van der Waals surface area contributed by atoms with Crippen LogP contribution in [0.4, 0.5) is 0 Å². The van der Waals surface area contributed by atoms with Gasteiger partial charge in [0, 0.05) is 6.20 Å². The van der Waals surface area contributed by atoms with Crippen LogP contribution >= 0.6 is 0 Å². The van der Waals surface area contributed by atoms with Crippen LogP contribution in [0.5, 0.6) is 11.5 Å². The fourth-order valence-corrected chi connectivity index (χ4v) is 10.8. The van der Waals surface area contributed by atoms with Gasteiger partial charge in [-0.1, -0.05) is 47.6 Å². The molecule has 0 fully saturated rings. The molecule has 0 atom stereocenters. The van der Waals surface area contributed by atoms with Gasteiger partial charge < -0.3 is 0 Å². The molecule has 6 nitrogen and oxygen atoms in total. The molecule has 0 radical (unpaired) electrons. The number of fused-ring (bicyclic) bond motifs is 6. The monoisotopic (exact) mass is 1020 g/mol. The molecule has 0 unspecified atom stereocenters. The number of para-hydroxylation sites is 3. The van der Waals surface area contributed by atoms with Crippen LogP contribution < -0.4 is 4.74 Å². The van der Waals surface area contributed by atoms with Crippen LogP contribution in [0.2, 0.25) is 0 Å². The van der Waals surface area contributed by atoms with E-state index in [2.05, 4.69) is 114 Å². The van der Waals surface area contributed by atoms with Gasteiger partial charge in [-0.25, -0.2) is 0 Å². The summed E-state index contributed by atoms with van der Waals surface area (Å²) in [7, 11) is 0. The van der Waals surface area contributed by atoms with Crippen molar-refractivity contribution in [1.82, 2.24) is 23.7 Å². The summed E-state index contributed by atoms with van der Waals surface area (Å²) in [5.74, 6) is 1.46. The number of imidazole rings is 1. The topological polar surface area (TPSA) is 49.8 Å². The Kier molecular flexibility index (Phi) is 7.01. The van der Waals surface area contributed by atoms with E-state index in [1.54, 1.807) is 35.2 Å². The second kappa shape index (κ2) is 14.7. The third-order valence-corrected chi connectivity index (χ3v) is 15.0. The van der Waals surface area contributed by atoms with Gasteiger partial charge in [-0.2, -0.15) is 0 Å². The van der Waals surface area contributed by atoms with Crippen LogP contribution in [0.1, 0.15) is 71.9 Å². The Balaban J connectivity index is 1.11. The van der Waals surface area contributed by atoms with Gasteiger partial charge in [-0.05, 0) is 40.4 Å². The Labute approximate surface area is 398 Å². The molecular formula is C57H47N5OPt-2. The Morgan fingerprint density at radius 1 is 0.656 bits per heavy atom. The fraction of sp³-hybridized carbons (Fsp3) is 0.175. The molecule has 0 saturated carbocycles. The summed E-state index contributed by atoms with van der Waals surface area (Å²) in [5.41, 5.74) is 7.07. The van der Waals surface area contributed by atoms with Gasteiger partial charge in [-0.15, -0.1) is 0 Å². The van der Waals surface area contributed by atoms with Crippen molar-refractivity contribution >= 4 is 32.8 Å². The first-order valence-electron chi connectivity index (χ1n) is 26.0. The normalized spacial score (nSPS) is 17.1. The average Bonchev–Trinajstić information content (AvgIpc) is 3.94. The van der Waals surface area contributed by atoms with Crippen molar-refractivity contribution in [2.45, 2.75) is 59.3 Å². The fourth-order valence-electron chi connectivity index (χ4n) is 9.69. The Hall–Kier alpha value is -6.62. The maximum absolute atomic E-state index is 9.09. The van der Waals surface area contributed by atoms with Crippen molar-refractivity contribution in [2.24, 2.45) is 5.41 Å². The van der Waals surface area contributed by atoms with Crippen molar-refractivity contribution in [1.29, 1.82) is 0 Å². The number of hydrogen-bond acceptors (Lipinski definition) is 3. The van der Waals surface area contributed by atoms with Crippen LogP contribution in [0.15, 0.2) is 158 Å². The molecule has 1 aliphatic carbocycles. The van der Waals surface area contributed by atoms with Gasteiger partial charge in [0.25, 0.3) is 0 Å². The van der Waals surface area contributed by atoms with E-state index in [0.717, 1.165) is 33.2 Å². The molecule has 6 aromatic carbocycles. The number of aryl methyl sites for hydroxylation is 1. The van der Waals surface area contributed by atoms with Gasteiger partial charge in [0.1, 0.15) is 0 Å². The molecule has 0 aliphatic heterocycles. The molecule has 7 heteroatoms. The molecule has 0 saturated heterocycles. The first-order chi connectivity index (χ1) is 35.0. The summed E-state index contributed by atoms with van der Waals surface area (Å²) in [4.78, 5) is 9.56. The SMILES string of the molecule is [2H]c1c([2H])c([2H])c(-c2cccc(-c3c([2H])c([2H])c([2H])c([2H])c3[2H])c2-n2[c](=[Pt])n(-c3[c-]c(Oc4[c-]c5c(cc4)c4ccc6c(c4n5-c4cc(C)ccn4)C(C)(C)C(C)(C)C6(C)C)cnc3)c3ccccc32)c([2H])c1[2H]. The number of hydrogen-bond donors (Lipinski definition) is 0. The van der Waals surface area contributed by atoms with E-state index in [4.69, 9.17) is 23.4 Å². The van der Waals surface area contributed by atoms with E-state index in [1.165, 1.54) is 11.1 Å². The van der Waals surface area contributed by atoms with Gasteiger partial charge in [0.15, 0.2) is 0 Å². The molecular weight excluding hydrogens is 966 g/mol. The zero-order valence-corrected chi connectivity index (χ0v) is 38.5. The van der Waals surface area contributed by atoms with Crippen LogP contribution in [-0.4, -0.2) is 23.7 Å². The van der Waals surface area contributed by atoms with Gasteiger partial charge >= 0.3 is 306 Å². The molecule has 1 aliphatic rings. The summed E-state index contributed by atoms with van der Waals surface area (Å²) in [6.07, 6.45) is 5.02. The zero-order chi connectivity index (χ0) is 52.8. The van der Waals surface area contributed by atoms with Crippen LogP contribution in [0, 0.1) is 28.3 Å². The summed E-state index contributed by atoms with van der Waals surface area (Å²) in [5, 5.41) is 2.09. The molecule has 0 bridgehead atoms. The Morgan fingerprint density at radius 3 is 1.98 bits per heavy atom. The summed E-state index contributed by atoms with van der Waals surface area (Å²) in [6.45, 7) is 16.1. The predicted molar refractivity (Wildman–Crippen MR) is 255 cm³/mol. The second-order valence-electron chi connectivity index (χ2n) is 17.9. The zero-order valence-electron chi connectivity index (χ0n) is 46.2. The van der Waals surface area contributed by atoms with E-state index < -0.39 is 60.4 Å². The van der Waals surface area contributed by atoms with Crippen molar-refractivity contribution in [3.8, 4) is 50.9 Å². The van der Waals surface area contributed by atoms with Crippen LogP contribution in [-0.2, 0) is 30.2 Å². The van der Waals surface area contributed by atoms with Crippen LogP contribution in [0.3, 0.4) is 0 Å². The molecule has 64 heavy (non-hydrogen) atoms. The minimum absolute atomic E-state index is 0.0910. The second-order valence-corrected chi connectivity index (χ2v) is 18.9. The maximum atomic E-state index is 9.09. The van der Waals surface area contributed by atoms with Gasteiger partial charge in [0.2, 0.25) is 0 Å². The molecule has 10 aromatic rings. The van der Waals surface area contributed by atoms with E-state index in [1.807, 2.05) is 47.2 Å². The quantitative estimate of drug-likeness (QED) is 0.150. The summed E-state index contributed by atoms with van der Waals surface area (Å²) in [6, 6.07) is 26.6. The van der Waals surface area contributed by atoms with Gasteiger partial charge in [0.05, 0.1) is 0 Å². The number of pyridine rings is 2. The van der Waals surface area contributed by atoms with Crippen molar-refractivity contribution in [2.75, 3.05) is 0 Å². The molecule has 4 aromatic heterocycles.